The van der Waals surface area contributed by atoms with Gasteiger partial charge in [0.1, 0.15) is 17.3 Å². The van der Waals surface area contributed by atoms with Crippen LogP contribution in [0.5, 0.6) is 11.5 Å². The Bertz CT molecular complexity index is 907. The molecule has 3 aromatic rings. The lowest BCUT2D eigenvalue weighted by Crippen LogP contribution is -2.41. The highest BCUT2D eigenvalue weighted by molar-refractivity contribution is 5.81. The van der Waals surface area contributed by atoms with Crippen molar-refractivity contribution in [2.24, 2.45) is 0 Å². The number of amides is 1. The number of carbonyl (C=O) groups excluding carboxylic acids is 1. The Hall–Kier alpha value is -3.29. The van der Waals surface area contributed by atoms with E-state index in [0.717, 1.165) is 22.6 Å². The van der Waals surface area contributed by atoms with Gasteiger partial charge in [-0.05, 0) is 54.6 Å². The molecule has 1 atom stereocenters. The summed E-state index contributed by atoms with van der Waals surface area (Å²) >= 11 is 0. The van der Waals surface area contributed by atoms with E-state index in [1.54, 1.807) is 39.7 Å². The fraction of sp³-hybridized carbons (Fsp3) is 0.292. The van der Waals surface area contributed by atoms with E-state index >= 15 is 0 Å². The van der Waals surface area contributed by atoms with Crippen LogP contribution in [0.1, 0.15) is 29.0 Å². The summed E-state index contributed by atoms with van der Waals surface area (Å²) in [5, 5.41) is 1.21. The smallest absolute Gasteiger partial charge is 0.271 e. The van der Waals surface area contributed by atoms with Crippen LogP contribution in [0, 0.1) is 0 Å². The van der Waals surface area contributed by atoms with Gasteiger partial charge in [-0.15, -0.1) is 0 Å². The molecule has 0 bridgehead atoms. The van der Waals surface area contributed by atoms with Crippen LogP contribution in [-0.2, 0) is 9.63 Å². The van der Waals surface area contributed by atoms with E-state index < -0.39 is 6.04 Å². The van der Waals surface area contributed by atoms with Crippen molar-refractivity contribution in [1.82, 2.24) is 9.96 Å². The Morgan fingerprint density at radius 1 is 0.839 bits per heavy atom. The van der Waals surface area contributed by atoms with E-state index in [4.69, 9.17) is 18.7 Å². The summed E-state index contributed by atoms with van der Waals surface area (Å²) in [5.74, 6) is 1.81. The molecule has 0 radical (unpaired) electrons. The summed E-state index contributed by atoms with van der Waals surface area (Å²) in [6.45, 7) is 0. The van der Waals surface area contributed by atoms with Gasteiger partial charge in [0.15, 0.2) is 6.04 Å². The highest BCUT2D eigenvalue weighted by atomic mass is 16.7. The molecule has 0 saturated carbocycles. The molecule has 7 nitrogen and oxygen atoms in total. The first-order chi connectivity index (χ1) is 15.0. The summed E-state index contributed by atoms with van der Waals surface area (Å²) in [4.78, 5) is 20.4. The third kappa shape index (κ3) is 4.90. The molecule has 31 heavy (non-hydrogen) atoms. The van der Waals surface area contributed by atoms with Crippen molar-refractivity contribution in [3.63, 3.8) is 0 Å². The van der Waals surface area contributed by atoms with Gasteiger partial charge in [-0.1, -0.05) is 24.3 Å². The van der Waals surface area contributed by atoms with Crippen molar-refractivity contribution in [3.8, 4) is 11.5 Å². The van der Waals surface area contributed by atoms with E-state index in [0.29, 0.717) is 5.76 Å². The molecule has 0 aliphatic heterocycles. The van der Waals surface area contributed by atoms with Crippen LogP contribution >= 0.6 is 0 Å². The number of benzene rings is 2. The van der Waals surface area contributed by atoms with Gasteiger partial charge in [-0.2, -0.15) is 0 Å². The molecular formula is C24H28N2O5. The Morgan fingerprint density at radius 2 is 1.35 bits per heavy atom. The number of nitrogens with zero attached hydrogens (tertiary/aromatic N) is 2. The highest BCUT2D eigenvalue weighted by Gasteiger charge is 2.35. The number of hydroxylamine groups is 2. The van der Waals surface area contributed by atoms with Gasteiger partial charge in [0, 0.05) is 7.05 Å². The summed E-state index contributed by atoms with van der Waals surface area (Å²) in [7, 11) is 8.21. The first kappa shape index (κ1) is 22.4. The maximum Gasteiger partial charge on any atom is 0.271 e. The molecule has 1 heterocycles. The minimum atomic E-state index is -0.700. The van der Waals surface area contributed by atoms with Crippen molar-refractivity contribution in [2.45, 2.75) is 12.1 Å². The van der Waals surface area contributed by atoms with Crippen LogP contribution in [0.15, 0.2) is 71.3 Å². The molecule has 0 aliphatic rings. The number of ether oxygens (including phenoxy) is 2. The number of carbonyl (C=O) groups is 1. The second-order valence-corrected chi connectivity index (χ2v) is 7.05. The number of hydrogen-bond donors (Lipinski definition) is 0. The summed E-state index contributed by atoms with van der Waals surface area (Å²) in [6.07, 6.45) is 1.56. The van der Waals surface area contributed by atoms with Crippen molar-refractivity contribution in [3.05, 3.63) is 83.8 Å². The van der Waals surface area contributed by atoms with Crippen LogP contribution in [-0.4, -0.2) is 51.3 Å². The summed E-state index contributed by atoms with van der Waals surface area (Å²) < 4.78 is 16.3. The van der Waals surface area contributed by atoms with Crippen molar-refractivity contribution >= 4 is 5.91 Å². The molecule has 164 valence electrons. The molecule has 3 rings (SSSR count). The largest absolute Gasteiger partial charge is 0.497 e. The molecule has 0 saturated heterocycles. The normalized spacial score (nSPS) is 12.1. The Labute approximate surface area is 182 Å². The fourth-order valence-corrected chi connectivity index (χ4v) is 3.59. The van der Waals surface area contributed by atoms with Gasteiger partial charge in [-0.3, -0.25) is 14.5 Å². The molecule has 1 aromatic heterocycles. The molecule has 1 amide bonds. The number of methoxy groups -OCH3 is 2. The van der Waals surface area contributed by atoms with Crippen LogP contribution in [0.4, 0.5) is 0 Å². The molecule has 0 aliphatic carbocycles. The van der Waals surface area contributed by atoms with E-state index in [-0.39, 0.29) is 11.9 Å². The quantitative estimate of drug-likeness (QED) is 0.483. The zero-order chi connectivity index (χ0) is 22.4. The Balaban J connectivity index is 2.09. The zero-order valence-electron chi connectivity index (χ0n) is 18.4. The first-order valence-electron chi connectivity index (χ1n) is 9.85. The maximum atomic E-state index is 13.2. The van der Waals surface area contributed by atoms with Crippen molar-refractivity contribution < 1.29 is 23.5 Å². The molecule has 1 unspecified atom stereocenters. The second-order valence-electron chi connectivity index (χ2n) is 7.05. The Kier molecular flexibility index (Phi) is 7.33. The standard InChI is InChI=1S/C24H28N2O5/c1-25(23(21-7-6-16-31-21)24(27)26(2)30-5)22(17-8-12-19(28-3)13-9-17)18-10-14-20(29-4)15-11-18/h6-16,22-23H,1-5H3. The first-order valence-corrected chi connectivity index (χ1v) is 9.85. The van der Waals surface area contributed by atoms with E-state index in [9.17, 15) is 4.79 Å². The van der Waals surface area contributed by atoms with Crippen LogP contribution in [0.3, 0.4) is 0 Å². The lowest BCUT2D eigenvalue weighted by Gasteiger charge is -2.35. The SMILES string of the molecule is COc1ccc(C(c2ccc(OC)cc2)N(C)C(C(=O)N(C)OC)c2ccco2)cc1. The van der Waals surface area contributed by atoms with Gasteiger partial charge in [-0.25, -0.2) is 5.06 Å². The molecule has 2 aromatic carbocycles. The predicted octanol–water partition coefficient (Wildman–Crippen LogP) is 4.08. The maximum absolute atomic E-state index is 13.2. The van der Waals surface area contributed by atoms with E-state index in [2.05, 4.69) is 0 Å². The Morgan fingerprint density at radius 3 is 1.74 bits per heavy atom. The number of furan rings is 1. The summed E-state index contributed by atoms with van der Waals surface area (Å²) in [6, 6.07) is 18.2. The zero-order valence-corrected chi connectivity index (χ0v) is 18.4. The van der Waals surface area contributed by atoms with Crippen LogP contribution in [0.2, 0.25) is 0 Å². The number of rotatable bonds is 9. The van der Waals surface area contributed by atoms with E-state index in [1.807, 2.05) is 60.5 Å². The van der Waals surface area contributed by atoms with Gasteiger partial charge in [0.05, 0.1) is 33.6 Å². The van der Waals surface area contributed by atoms with Gasteiger partial charge in [0.25, 0.3) is 5.91 Å². The van der Waals surface area contributed by atoms with Crippen molar-refractivity contribution in [2.75, 3.05) is 35.4 Å². The average Bonchev–Trinajstić information content (AvgIpc) is 3.34. The predicted molar refractivity (Wildman–Crippen MR) is 117 cm³/mol. The minimum absolute atomic E-state index is 0.244. The third-order valence-electron chi connectivity index (χ3n) is 5.31. The lowest BCUT2D eigenvalue weighted by molar-refractivity contribution is -0.175. The van der Waals surface area contributed by atoms with Crippen LogP contribution in [0.25, 0.3) is 0 Å². The number of likely N-dealkylation sites (N-methyl/N-ethyl adjacent to an activating group) is 2. The van der Waals surface area contributed by atoms with Gasteiger partial charge >= 0.3 is 0 Å². The van der Waals surface area contributed by atoms with Crippen LogP contribution < -0.4 is 9.47 Å². The minimum Gasteiger partial charge on any atom is -0.497 e. The highest BCUT2D eigenvalue weighted by Crippen LogP contribution is 2.36. The topological polar surface area (TPSA) is 64.4 Å². The third-order valence-corrected chi connectivity index (χ3v) is 5.31. The molecule has 0 spiro atoms. The van der Waals surface area contributed by atoms with Crippen molar-refractivity contribution in [1.29, 1.82) is 0 Å². The van der Waals surface area contributed by atoms with E-state index in [1.165, 1.54) is 12.2 Å². The van der Waals surface area contributed by atoms with Gasteiger partial charge in [0.2, 0.25) is 0 Å². The molecule has 0 N–H and O–H groups in total. The summed E-state index contributed by atoms with van der Waals surface area (Å²) in [5.41, 5.74) is 2.00. The molecular weight excluding hydrogens is 396 g/mol. The van der Waals surface area contributed by atoms with Gasteiger partial charge < -0.3 is 13.9 Å². The fourth-order valence-electron chi connectivity index (χ4n) is 3.59. The molecule has 0 fully saturated rings. The monoisotopic (exact) mass is 424 g/mol. The molecule has 7 heteroatoms. The average molecular weight is 424 g/mol. The number of hydrogen-bond acceptors (Lipinski definition) is 6. The second kappa shape index (κ2) is 10.1. The lowest BCUT2D eigenvalue weighted by atomic mass is 9.95.